The molecule has 0 aliphatic carbocycles. The summed E-state index contributed by atoms with van der Waals surface area (Å²) in [6.45, 7) is 1.96. The quantitative estimate of drug-likeness (QED) is 0.837. The molecule has 90 valence electrons. The van der Waals surface area contributed by atoms with Crippen LogP contribution in [0.25, 0.3) is 11.6 Å². The van der Waals surface area contributed by atoms with Crippen molar-refractivity contribution < 1.29 is 9.90 Å². The molecule has 1 N–H and O–H groups in total. The number of rotatable bonds is 3. The topological polar surface area (TPSA) is 50.2 Å². The van der Waals surface area contributed by atoms with Crippen LogP contribution in [-0.2, 0) is 4.79 Å². The number of benzene rings is 1. The fraction of sp³-hybridized carbons (Fsp3) is 0.0667. The van der Waals surface area contributed by atoms with E-state index in [0.29, 0.717) is 11.3 Å². The molecule has 0 atom stereocenters. The molecule has 18 heavy (non-hydrogen) atoms. The first-order valence-electron chi connectivity index (χ1n) is 5.60. The van der Waals surface area contributed by atoms with E-state index < -0.39 is 5.97 Å². The van der Waals surface area contributed by atoms with E-state index in [1.807, 2.05) is 25.1 Å². The van der Waals surface area contributed by atoms with Gasteiger partial charge < -0.3 is 5.11 Å². The van der Waals surface area contributed by atoms with Gasteiger partial charge in [-0.2, -0.15) is 0 Å². The van der Waals surface area contributed by atoms with Gasteiger partial charge in [0, 0.05) is 6.20 Å². The van der Waals surface area contributed by atoms with Gasteiger partial charge in [-0.05, 0) is 30.7 Å². The number of carboxylic acid groups (broad SMARTS) is 1. The van der Waals surface area contributed by atoms with Gasteiger partial charge in [0.05, 0.1) is 11.3 Å². The predicted molar refractivity (Wildman–Crippen MR) is 70.9 cm³/mol. The lowest BCUT2D eigenvalue weighted by atomic mass is 10.0. The van der Waals surface area contributed by atoms with Crippen molar-refractivity contribution in [3.63, 3.8) is 0 Å². The SMILES string of the molecule is Cc1ccc(/C(=C\c2ccccn2)C(=O)O)cc1. The zero-order valence-electron chi connectivity index (χ0n) is 10.00. The number of carbonyl (C=O) groups is 1. The van der Waals surface area contributed by atoms with Gasteiger partial charge >= 0.3 is 5.97 Å². The van der Waals surface area contributed by atoms with Crippen LogP contribution in [0.2, 0.25) is 0 Å². The molecule has 1 aromatic carbocycles. The van der Waals surface area contributed by atoms with Crippen molar-refractivity contribution in [2.24, 2.45) is 0 Å². The summed E-state index contributed by atoms with van der Waals surface area (Å²) in [5.74, 6) is -0.954. The van der Waals surface area contributed by atoms with E-state index in [4.69, 9.17) is 0 Å². The van der Waals surface area contributed by atoms with Crippen molar-refractivity contribution in [1.29, 1.82) is 0 Å². The standard InChI is InChI=1S/C15H13NO2/c1-11-5-7-12(8-6-11)14(15(17)18)10-13-4-2-3-9-16-13/h2-10H,1H3,(H,17,18)/b14-10+. The summed E-state index contributed by atoms with van der Waals surface area (Å²) in [6.07, 6.45) is 3.22. The number of hydrogen-bond donors (Lipinski definition) is 1. The summed E-state index contributed by atoms with van der Waals surface area (Å²) < 4.78 is 0. The van der Waals surface area contributed by atoms with Crippen LogP contribution in [0.3, 0.4) is 0 Å². The maximum atomic E-state index is 11.3. The van der Waals surface area contributed by atoms with Crippen LogP contribution in [0, 0.1) is 6.92 Å². The number of aromatic nitrogens is 1. The second-order valence-corrected chi connectivity index (χ2v) is 3.98. The first-order valence-corrected chi connectivity index (χ1v) is 5.60. The first kappa shape index (κ1) is 12.0. The Balaban J connectivity index is 2.44. The Hall–Kier alpha value is -2.42. The molecule has 1 aromatic heterocycles. The van der Waals surface area contributed by atoms with Crippen LogP contribution in [0.4, 0.5) is 0 Å². The first-order chi connectivity index (χ1) is 8.66. The van der Waals surface area contributed by atoms with Crippen molar-refractivity contribution in [2.45, 2.75) is 6.92 Å². The fourth-order valence-electron chi connectivity index (χ4n) is 1.61. The minimum Gasteiger partial charge on any atom is -0.478 e. The molecule has 0 saturated heterocycles. The molecule has 3 nitrogen and oxygen atoms in total. The average Bonchev–Trinajstić information content (AvgIpc) is 2.38. The minimum absolute atomic E-state index is 0.244. The number of pyridine rings is 1. The molecule has 0 radical (unpaired) electrons. The third-order valence-corrected chi connectivity index (χ3v) is 2.57. The van der Waals surface area contributed by atoms with Gasteiger partial charge in [-0.3, -0.25) is 4.98 Å². The highest BCUT2D eigenvalue weighted by molar-refractivity contribution is 6.20. The number of hydrogen-bond acceptors (Lipinski definition) is 2. The summed E-state index contributed by atoms with van der Waals surface area (Å²) >= 11 is 0. The van der Waals surface area contributed by atoms with Crippen molar-refractivity contribution in [1.82, 2.24) is 4.98 Å². The molecule has 0 saturated carbocycles. The molecule has 3 heteroatoms. The van der Waals surface area contributed by atoms with Crippen LogP contribution >= 0.6 is 0 Å². The van der Waals surface area contributed by atoms with E-state index in [-0.39, 0.29) is 5.57 Å². The second kappa shape index (κ2) is 5.27. The largest absolute Gasteiger partial charge is 0.478 e. The normalized spacial score (nSPS) is 11.3. The van der Waals surface area contributed by atoms with E-state index in [0.717, 1.165) is 5.56 Å². The van der Waals surface area contributed by atoms with Gasteiger partial charge in [-0.15, -0.1) is 0 Å². The summed E-state index contributed by atoms with van der Waals surface area (Å²) in [5.41, 5.74) is 2.66. The molecule has 2 aromatic rings. The van der Waals surface area contributed by atoms with Gasteiger partial charge in [0.15, 0.2) is 0 Å². The summed E-state index contributed by atoms with van der Waals surface area (Å²) in [7, 11) is 0. The molecule has 0 aliphatic rings. The average molecular weight is 239 g/mol. The van der Waals surface area contributed by atoms with Gasteiger partial charge in [0.1, 0.15) is 0 Å². The lowest BCUT2D eigenvalue weighted by molar-refractivity contribution is -0.130. The maximum absolute atomic E-state index is 11.3. The zero-order chi connectivity index (χ0) is 13.0. The Morgan fingerprint density at radius 2 is 1.89 bits per heavy atom. The predicted octanol–water partition coefficient (Wildman–Crippen LogP) is 3.02. The Morgan fingerprint density at radius 3 is 2.44 bits per heavy atom. The minimum atomic E-state index is -0.954. The summed E-state index contributed by atoms with van der Waals surface area (Å²) in [4.78, 5) is 15.4. The summed E-state index contributed by atoms with van der Waals surface area (Å²) in [6, 6.07) is 12.8. The molecule has 0 unspecified atom stereocenters. The van der Waals surface area contributed by atoms with E-state index in [2.05, 4.69) is 4.98 Å². The van der Waals surface area contributed by atoms with Crippen molar-refractivity contribution in [3.05, 3.63) is 65.5 Å². The van der Waals surface area contributed by atoms with Gasteiger partial charge in [0.2, 0.25) is 0 Å². The van der Waals surface area contributed by atoms with Crippen molar-refractivity contribution in [2.75, 3.05) is 0 Å². The highest BCUT2D eigenvalue weighted by Crippen LogP contribution is 2.18. The molecule has 0 bridgehead atoms. The second-order valence-electron chi connectivity index (χ2n) is 3.98. The number of aryl methyl sites for hydroxylation is 1. The van der Waals surface area contributed by atoms with Crippen LogP contribution < -0.4 is 0 Å². The van der Waals surface area contributed by atoms with Crippen molar-refractivity contribution >= 4 is 17.6 Å². The van der Waals surface area contributed by atoms with Crippen LogP contribution in [0.5, 0.6) is 0 Å². The summed E-state index contributed by atoms with van der Waals surface area (Å²) in [5, 5.41) is 9.26. The Kier molecular flexibility index (Phi) is 3.53. The molecule has 0 aliphatic heterocycles. The lowest BCUT2D eigenvalue weighted by Crippen LogP contribution is -2.00. The molecule has 0 amide bonds. The number of aliphatic carboxylic acids is 1. The monoisotopic (exact) mass is 239 g/mol. The molecule has 0 fully saturated rings. The highest BCUT2D eigenvalue weighted by Gasteiger charge is 2.10. The number of nitrogens with zero attached hydrogens (tertiary/aromatic N) is 1. The molecule has 2 rings (SSSR count). The third-order valence-electron chi connectivity index (χ3n) is 2.57. The Morgan fingerprint density at radius 1 is 1.17 bits per heavy atom. The molecular formula is C15H13NO2. The molecule has 0 spiro atoms. The van der Waals surface area contributed by atoms with Crippen LogP contribution in [0.15, 0.2) is 48.7 Å². The Bertz CT molecular complexity index is 571. The van der Waals surface area contributed by atoms with E-state index in [9.17, 15) is 9.90 Å². The van der Waals surface area contributed by atoms with Crippen LogP contribution in [0.1, 0.15) is 16.8 Å². The van der Waals surface area contributed by atoms with E-state index in [1.54, 1.807) is 36.5 Å². The Labute approximate surface area is 105 Å². The van der Waals surface area contributed by atoms with E-state index >= 15 is 0 Å². The third kappa shape index (κ3) is 2.83. The smallest absolute Gasteiger partial charge is 0.336 e. The lowest BCUT2D eigenvalue weighted by Gasteiger charge is -2.03. The maximum Gasteiger partial charge on any atom is 0.336 e. The van der Waals surface area contributed by atoms with Gasteiger partial charge in [-0.25, -0.2) is 4.79 Å². The molecule has 1 heterocycles. The van der Waals surface area contributed by atoms with E-state index in [1.165, 1.54) is 0 Å². The number of carboxylic acids is 1. The van der Waals surface area contributed by atoms with Gasteiger partial charge in [-0.1, -0.05) is 35.9 Å². The van der Waals surface area contributed by atoms with Crippen LogP contribution in [-0.4, -0.2) is 16.1 Å². The zero-order valence-corrected chi connectivity index (χ0v) is 10.00. The highest BCUT2D eigenvalue weighted by atomic mass is 16.4. The van der Waals surface area contributed by atoms with Crippen molar-refractivity contribution in [3.8, 4) is 0 Å². The van der Waals surface area contributed by atoms with Gasteiger partial charge in [0.25, 0.3) is 0 Å². The molecular weight excluding hydrogens is 226 g/mol. The fourth-order valence-corrected chi connectivity index (χ4v) is 1.61.